The highest BCUT2D eigenvalue weighted by atomic mass is 32.2. The van der Waals surface area contributed by atoms with E-state index in [4.69, 9.17) is 4.74 Å². The Balaban J connectivity index is 1.59. The van der Waals surface area contributed by atoms with Crippen LogP contribution in [0.4, 0.5) is 5.95 Å². The molecule has 1 aliphatic heterocycles. The molecule has 3 rings (SSSR count). The highest BCUT2D eigenvalue weighted by molar-refractivity contribution is 7.99. The molecule has 2 heterocycles. The quantitative estimate of drug-likeness (QED) is 0.530. The molecule has 0 saturated carbocycles. The van der Waals surface area contributed by atoms with Crippen molar-refractivity contribution in [2.24, 2.45) is 0 Å². The molecule has 1 aromatic carbocycles. The van der Waals surface area contributed by atoms with Crippen LogP contribution in [0.15, 0.2) is 29.4 Å². The molecular formula is C19H25N5O3S. The van der Waals surface area contributed by atoms with Crippen molar-refractivity contribution in [2.75, 3.05) is 37.0 Å². The molecule has 150 valence electrons. The maximum atomic E-state index is 12.5. The van der Waals surface area contributed by atoms with Crippen molar-refractivity contribution < 1.29 is 14.3 Å². The van der Waals surface area contributed by atoms with Crippen LogP contribution in [0.3, 0.4) is 0 Å². The molecule has 1 aromatic heterocycles. The van der Waals surface area contributed by atoms with Gasteiger partial charge in [0.15, 0.2) is 10.9 Å². The number of hydrogen-bond acceptors (Lipinski definition) is 7. The van der Waals surface area contributed by atoms with Gasteiger partial charge in [0, 0.05) is 38.7 Å². The molecule has 28 heavy (non-hydrogen) atoms. The van der Waals surface area contributed by atoms with Crippen LogP contribution < -0.4 is 10.2 Å². The van der Waals surface area contributed by atoms with Crippen molar-refractivity contribution in [1.82, 2.24) is 20.1 Å². The smallest absolute Gasteiger partial charge is 0.228 e. The SMILES string of the molecule is CCn1c(SCC(=O)c2ccc(CNC(C)=O)cc2)nnc1N1CCOCC1. The Kier molecular flexibility index (Phi) is 7.05. The van der Waals surface area contributed by atoms with Gasteiger partial charge in [0.25, 0.3) is 0 Å². The van der Waals surface area contributed by atoms with Gasteiger partial charge in [-0.05, 0) is 12.5 Å². The number of thioether (sulfide) groups is 1. The molecule has 0 spiro atoms. The van der Waals surface area contributed by atoms with Crippen molar-refractivity contribution >= 4 is 29.4 Å². The number of carbonyl (C=O) groups is 2. The number of ether oxygens (including phenoxy) is 1. The number of rotatable bonds is 8. The zero-order valence-electron chi connectivity index (χ0n) is 16.2. The predicted octanol–water partition coefficient (Wildman–Crippen LogP) is 1.75. The summed E-state index contributed by atoms with van der Waals surface area (Å²) < 4.78 is 7.44. The van der Waals surface area contributed by atoms with Gasteiger partial charge >= 0.3 is 0 Å². The largest absolute Gasteiger partial charge is 0.378 e. The van der Waals surface area contributed by atoms with E-state index in [0.717, 1.165) is 36.3 Å². The first-order valence-electron chi connectivity index (χ1n) is 9.33. The second-order valence-electron chi connectivity index (χ2n) is 6.44. The van der Waals surface area contributed by atoms with Gasteiger partial charge < -0.3 is 15.0 Å². The number of ketones is 1. The van der Waals surface area contributed by atoms with Gasteiger partial charge in [-0.15, -0.1) is 10.2 Å². The van der Waals surface area contributed by atoms with Crippen LogP contribution >= 0.6 is 11.8 Å². The van der Waals surface area contributed by atoms with Crippen LogP contribution in [0.25, 0.3) is 0 Å². The van der Waals surface area contributed by atoms with Crippen molar-refractivity contribution in [3.8, 4) is 0 Å². The third-order valence-electron chi connectivity index (χ3n) is 4.46. The lowest BCUT2D eigenvalue weighted by molar-refractivity contribution is -0.119. The average molecular weight is 404 g/mol. The van der Waals surface area contributed by atoms with Crippen LogP contribution in [-0.2, 0) is 22.6 Å². The Morgan fingerprint density at radius 1 is 1.18 bits per heavy atom. The van der Waals surface area contributed by atoms with E-state index in [0.29, 0.717) is 31.1 Å². The lowest BCUT2D eigenvalue weighted by Gasteiger charge is -2.27. The number of benzene rings is 1. The van der Waals surface area contributed by atoms with Crippen LogP contribution in [0, 0.1) is 0 Å². The first-order chi connectivity index (χ1) is 13.6. The highest BCUT2D eigenvalue weighted by Crippen LogP contribution is 2.23. The van der Waals surface area contributed by atoms with Gasteiger partial charge in [-0.2, -0.15) is 0 Å². The van der Waals surface area contributed by atoms with Gasteiger partial charge in [-0.1, -0.05) is 36.0 Å². The van der Waals surface area contributed by atoms with E-state index < -0.39 is 0 Å². The number of hydrogen-bond donors (Lipinski definition) is 1. The molecule has 1 saturated heterocycles. The van der Waals surface area contributed by atoms with E-state index in [-0.39, 0.29) is 11.7 Å². The number of carbonyl (C=O) groups excluding carboxylic acids is 2. The normalized spacial score (nSPS) is 14.1. The minimum absolute atomic E-state index is 0.0367. The van der Waals surface area contributed by atoms with E-state index in [1.807, 2.05) is 23.6 Å². The third-order valence-corrected chi connectivity index (χ3v) is 5.42. The molecule has 1 amide bonds. The molecular weight excluding hydrogens is 378 g/mol. The highest BCUT2D eigenvalue weighted by Gasteiger charge is 2.20. The first-order valence-corrected chi connectivity index (χ1v) is 10.3. The molecule has 0 unspecified atom stereocenters. The molecule has 0 bridgehead atoms. The Labute approximate surface area is 168 Å². The number of amides is 1. The van der Waals surface area contributed by atoms with E-state index in [9.17, 15) is 9.59 Å². The van der Waals surface area contributed by atoms with Gasteiger partial charge in [0.05, 0.1) is 19.0 Å². The maximum Gasteiger partial charge on any atom is 0.228 e. The molecule has 1 N–H and O–H groups in total. The van der Waals surface area contributed by atoms with Gasteiger partial charge in [0.1, 0.15) is 0 Å². The number of nitrogens with zero attached hydrogens (tertiary/aromatic N) is 4. The number of morpholine rings is 1. The summed E-state index contributed by atoms with van der Waals surface area (Å²) >= 11 is 1.40. The third kappa shape index (κ3) is 5.11. The zero-order chi connectivity index (χ0) is 19.9. The molecule has 1 aliphatic rings. The molecule has 2 aromatic rings. The Morgan fingerprint density at radius 2 is 1.89 bits per heavy atom. The molecule has 1 fully saturated rings. The second kappa shape index (κ2) is 9.70. The lowest BCUT2D eigenvalue weighted by atomic mass is 10.1. The van der Waals surface area contributed by atoms with Crippen molar-refractivity contribution in [1.29, 1.82) is 0 Å². The summed E-state index contributed by atoms with van der Waals surface area (Å²) in [6.07, 6.45) is 0. The van der Waals surface area contributed by atoms with E-state index >= 15 is 0 Å². The fourth-order valence-electron chi connectivity index (χ4n) is 2.91. The standard InChI is InChI=1S/C19H25N5O3S/c1-3-24-18(23-8-10-27-11-9-23)21-22-19(24)28-13-17(26)16-6-4-15(5-7-16)12-20-14(2)25/h4-7H,3,8-13H2,1-2H3,(H,20,25). The number of aromatic nitrogens is 3. The topological polar surface area (TPSA) is 89.3 Å². The number of nitrogens with one attached hydrogen (secondary N) is 1. The molecule has 8 nitrogen and oxygen atoms in total. The predicted molar refractivity (Wildman–Crippen MR) is 108 cm³/mol. The van der Waals surface area contributed by atoms with Crippen molar-refractivity contribution in [2.45, 2.75) is 32.1 Å². The number of anilines is 1. The summed E-state index contributed by atoms with van der Waals surface area (Å²) in [5.74, 6) is 1.09. The summed E-state index contributed by atoms with van der Waals surface area (Å²) in [7, 11) is 0. The monoisotopic (exact) mass is 403 g/mol. The van der Waals surface area contributed by atoms with Crippen LogP contribution in [0.2, 0.25) is 0 Å². The van der Waals surface area contributed by atoms with E-state index in [1.165, 1.54) is 18.7 Å². The minimum atomic E-state index is -0.0759. The Bertz CT molecular complexity index is 815. The fourth-order valence-corrected chi connectivity index (χ4v) is 3.80. The summed E-state index contributed by atoms with van der Waals surface area (Å²) in [5, 5.41) is 12.1. The lowest BCUT2D eigenvalue weighted by Crippen LogP contribution is -2.38. The maximum absolute atomic E-state index is 12.5. The van der Waals surface area contributed by atoms with E-state index in [2.05, 4.69) is 20.4 Å². The number of Topliss-reactive ketones (excluding diaryl/α,β-unsaturated/α-hetero) is 1. The minimum Gasteiger partial charge on any atom is -0.378 e. The zero-order valence-corrected chi connectivity index (χ0v) is 17.0. The summed E-state index contributed by atoms with van der Waals surface area (Å²) in [5.41, 5.74) is 1.61. The molecule has 0 atom stereocenters. The average Bonchev–Trinajstić information content (AvgIpc) is 3.14. The van der Waals surface area contributed by atoms with Gasteiger partial charge in [-0.25, -0.2) is 0 Å². The molecule has 9 heteroatoms. The van der Waals surface area contributed by atoms with Crippen LogP contribution in [-0.4, -0.2) is 58.5 Å². The summed E-state index contributed by atoms with van der Waals surface area (Å²) in [6.45, 7) is 7.71. The Hall–Kier alpha value is -2.39. The van der Waals surface area contributed by atoms with Crippen molar-refractivity contribution in [3.05, 3.63) is 35.4 Å². The van der Waals surface area contributed by atoms with E-state index in [1.54, 1.807) is 12.1 Å². The second-order valence-corrected chi connectivity index (χ2v) is 7.39. The van der Waals surface area contributed by atoms with Crippen LogP contribution in [0.5, 0.6) is 0 Å². The first kappa shape index (κ1) is 20.3. The fraction of sp³-hybridized carbons (Fsp3) is 0.474. The Morgan fingerprint density at radius 3 is 2.54 bits per heavy atom. The van der Waals surface area contributed by atoms with Gasteiger partial charge in [0.2, 0.25) is 11.9 Å². The molecule has 0 radical (unpaired) electrons. The summed E-state index contributed by atoms with van der Waals surface area (Å²) in [6, 6.07) is 7.31. The molecule has 0 aliphatic carbocycles. The van der Waals surface area contributed by atoms with Crippen molar-refractivity contribution in [3.63, 3.8) is 0 Å². The van der Waals surface area contributed by atoms with Gasteiger partial charge in [-0.3, -0.25) is 14.2 Å². The van der Waals surface area contributed by atoms with Crippen LogP contribution in [0.1, 0.15) is 29.8 Å². The summed E-state index contributed by atoms with van der Waals surface area (Å²) in [4.78, 5) is 25.7.